The van der Waals surface area contributed by atoms with Gasteiger partial charge in [-0.15, -0.1) is 0 Å². The van der Waals surface area contributed by atoms with E-state index in [1.54, 1.807) is 0 Å². The summed E-state index contributed by atoms with van der Waals surface area (Å²) >= 11 is 0. The van der Waals surface area contributed by atoms with E-state index in [0.29, 0.717) is 17.9 Å². The molecule has 96 valence electrons. The Bertz CT molecular complexity index is 298. The third kappa shape index (κ3) is 2.05. The number of rotatable bonds is 1. The van der Waals surface area contributed by atoms with Crippen molar-refractivity contribution in [2.45, 2.75) is 76.9 Å². The molecule has 3 fully saturated rings. The summed E-state index contributed by atoms with van der Waals surface area (Å²) in [4.78, 5) is 14.4. The van der Waals surface area contributed by atoms with Gasteiger partial charge < -0.3 is 0 Å². The fourth-order valence-corrected chi connectivity index (χ4v) is 4.39. The van der Waals surface area contributed by atoms with Crippen molar-refractivity contribution in [2.24, 2.45) is 11.8 Å². The first-order chi connectivity index (χ1) is 8.15. The lowest BCUT2D eigenvalue weighted by atomic mass is 9.77. The van der Waals surface area contributed by atoms with Crippen molar-refractivity contribution in [1.82, 2.24) is 4.90 Å². The van der Waals surface area contributed by atoms with Gasteiger partial charge in [-0.05, 0) is 43.9 Å². The number of hydrogen-bond acceptors (Lipinski definition) is 2. The Morgan fingerprint density at radius 1 is 0.882 bits per heavy atom. The minimum atomic E-state index is 0.519. The average molecular weight is 235 g/mol. The molecule has 17 heavy (non-hydrogen) atoms. The van der Waals surface area contributed by atoms with Gasteiger partial charge in [-0.1, -0.05) is 13.8 Å². The topological polar surface area (TPSA) is 20.3 Å². The third-order valence-corrected chi connectivity index (χ3v) is 5.60. The molecule has 0 spiro atoms. The Kier molecular flexibility index (Phi) is 3.02. The Labute approximate surface area is 105 Å². The molecule has 2 heteroatoms. The zero-order valence-corrected chi connectivity index (χ0v) is 11.2. The zero-order chi connectivity index (χ0) is 12.0. The van der Waals surface area contributed by atoms with Crippen molar-refractivity contribution in [3.05, 3.63) is 0 Å². The van der Waals surface area contributed by atoms with Crippen molar-refractivity contribution in [3.63, 3.8) is 0 Å². The van der Waals surface area contributed by atoms with Crippen LogP contribution in [0.25, 0.3) is 0 Å². The normalized spacial score (nSPS) is 47.4. The molecule has 2 nitrogen and oxygen atoms in total. The summed E-state index contributed by atoms with van der Waals surface area (Å²) in [7, 11) is 0. The molecule has 2 saturated heterocycles. The molecule has 0 N–H and O–H groups in total. The molecule has 2 bridgehead atoms. The number of nitrogens with zero attached hydrogens (tertiary/aromatic N) is 1. The number of piperidine rings is 1. The second-order valence-corrected chi connectivity index (χ2v) is 6.70. The fourth-order valence-electron chi connectivity index (χ4n) is 4.39. The van der Waals surface area contributed by atoms with Crippen molar-refractivity contribution < 1.29 is 4.79 Å². The Balaban J connectivity index is 1.71. The van der Waals surface area contributed by atoms with E-state index in [9.17, 15) is 4.79 Å². The molecular weight excluding hydrogens is 210 g/mol. The van der Waals surface area contributed by atoms with Gasteiger partial charge >= 0.3 is 0 Å². The summed E-state index contributed by atoms with van der Waals surface area (Å²) < 4.78 is 0. The molecule has 0 aromatic carbocycles. The van der Waals surface area contributed by atoms with Gasteiger partial charge in [-0.2, -0.15) is 0 Å². The second-order valence-electron chi connectivity index (χ2n) is 6.70. The molecule has 1 aliphatic carbocycles. The van der Waals surface area contributed by atoms with Crippen molar-refractivity contribution >= 4 is 5.78 Å². The van der Waals surface area contributed by atoms with Gasteiger partial charge in [-0.25, -0.2) is 0 Å². The second kappa shape index (κ2) is 4.38. The highest BCUT2D eigenvalue weighted by atomic mass is 16.1. The molecule has 3 aliphatic rings. The van der Waals surface area contributed by atoms with Crippen LogP contribution in [0.1, 0.15) is 58.8 Å². The monoisotopic (exact) mass is 235 g/mol. The van der Waals surface area contributed by atoms with Gasteiger partial charge in [0.05, 0.1) is 0 Å². The van der Waals surface area contributed by atoms with E-state index in [4.69, 9.17) is 0 Å². The van der Waals surface area contributed by atoms with Gasteiger partial charge in [0, 0.05) is 31.0 Å². The standard InChI is InChI=1S/C15H25NO/c1-10-3-4-12(7-11(10)2)16-13-5-6-14(16)9-15(17)8-13/h10-14H,3-9H2,1-2H3. The van der Waals surface area contributed by atoms with Crippen LogP contribution >= 0.6 is 0 Å². The molecule has 0 aromatic heterocycles. The number of hydrogen-bond donors (Lipinski definition) is 0. The Morgan fingerprint density at radius 2 is 1.47 bits per heavy atom. The van der Waals surface area contributed by atoms with Gasteiger partial charge in [0.15, 0.2) is 0 Å². The fraction of sp³-hybridized carbons (Fsp3) is 0.933. The van der Waals surface area contributed by atoms with Crippen LogP contribution < -0.4 is 0 Å². The maximum atomic E-state index is 11.6. The zero-order valence-electron chi connectivity index (χ0n) is 11.2. The molecule has 2 heterocycles. The van der Waals surface area contributed by atoms with Gasteiger partial charge in [-0.3, -0.25) is 9.69 Å². The van der Waals surface area contributed by atoms with Gasteiger partial charge in [0.1, 0.15) is 5.78 Å². The lowest BCUT2D eigenvalue weighted by molar-refractivity contribution is -0.124. The first kappa shape index (κ1) is 11.7. The summed E-state index contributed by atoms with van der Waals surface area (Å²) in [6.45, 7) is 4.81. The first-order valence-electron chi connectivity index (χ1n) is 7.44. The van der Waals surface area contributed by atoms with Crippen LogP contribution in [0.15, 0.2) is 0 Å². The molecule has 5 atom stereocenters. The van der Waals surface area contributed by atoms with Gasteiger partial charge in [0.25, 0.3) is 0 Å². The van der Waals surface area contributed by atoms with E-state index in [1.165, 1.54) is 32.1 Å². The van der Waals surface area contributed by atoms with E-state index in [0.717, 1.165) is 30.7 Å². The van der Waals surface area contributed by atoms with E-state index in [-0.39, 0.29) is 0 Å². The minimum absolute atomic E-state index is 0.519. The molecule has 5 unspecified atom stereocenters. The highest BCUT2D eigenvalue weighted by molar-refractivity contribution is 5.81. The third-order valence-electron chi connectivity index (χ3n) is 5.60. The highest BCUT2D eigenvalue weighted by Gasteiger charge is 2.44. The quantitative estimate of drug-likeness (QED) is 0.696. The first-order valence-corrected chi connectivity index (χ1v) is 7.44. The number of fused-ring (bicyclic) bond motifs is 2. The SMILES string of the molecule is CC1CCC(N2C3CCC2CC(=O)C3)CC1C. The van der Waals surface area contributed by atoms with Crippen LogP contribution in [0.2, 0.25) is 0 Å². The summed E-state index contributed by atoms with van der Waals surface area (Å²) in [5.41, 5.74) is 0. The van der Waals surface area contributed by atoms with Crippen LogP contribution in [-0.4, -0.2) is 28.8 Å². The molecule has 0 radical (unpaired) electrons. The van der Waals surface area contributed by atoms with Crippen LogP contribution in [0.3, 0.4) is 0 Å². The Morgan fingerprint density at radius 3 is 2.06 bits per heavy atom. The van der Waals surface area contributed by atoms with Crippen LogP contribution in [0.5, 0.6) is 0 Å². The average Bonchev–Trinajstić information content (AvgIpc) is 2.55. The van der Waals surface area contributed by atoms with Crippen LogP contribution in [-0.2, 0) is 4.79 Å². The van der Waals surface area contributed by atoms with Crippen molar-refractivity contribution in [3.8, 4) is 0 Å². The van der Waals surface area contributed by atoms with Crippen LogP contribution in [0.4, 0.5) is 0 Å². The molecule has 3 rings (SSSR count). The summed E-state index contributed by atoms with van der Waals surface area (Å²) in [5, 5.41) is 0. The molecule has 2 aliphatic heterocycles. The van der Waals surface area contributed by atoms with E-state index in [2.05, 4.69) is 18.7 Å². The number of carbonyl (C=O) groups excluding carboxylic acids is 1. The van der Waals surface area contributed by atoms with Gasteiger partial charge in [0.2, 0.25) is 0 Å². The lowest BCUT2D eigenvalue weighted by Gasteiger charge is -2.44. The number of carbonyl (C=O) groups is 1. The molecule has 0 amide bonds. The number of Topliss-reactive ketones (excluding diaryl/α,β-unsaturated/α-hetero) is 1. The maximum absolute atomic E-state index is 11.6. The summed E-state index contributed by atoms with van der Waals surface area (Å²) in [6, 6.07) is 1.99. The van der Waals surface area contributed by atoms with E-state index < -0.39 is 0 Å². The van der Waals surface area contributed by atoms with E-state index in [1.807, 2.05) is 0 Å². The molecule has 0 aromatic rings. The smallest absolute Gasteiger partial charge is 0.136 e. The van der Waals surface area contributed by atoms with E-state index >= 15 is 0 Å². The molecular formula is C15H25NO. The summed E-state index contributed by atoms with van der Waals surface area (Å²) in [5.74, 6) is 2.28. The van der Waals surface area contributed by atoms with Crippen LogP contribution in [0, 0.1) is 11.8 Å². The summed E-state index contributed by atoms with van der Waals surface area (Å²) in [6.07, 6.45) is 8.35. The Hall–Kier alpha value is -0.370. The van der Waals surface area contributed by atoms with Crippen molar-refractivity contribution in [2.75, 3.05) is 0 Å². The molecule has 1 saturated carbocycles. The lowest BCUT2D eigenvalue weighted by Crippen LogP contribution is -2.51. The van der Waals surface area contributed by atoms with Crippen molar-refractivity contribution in [1.29, 1.82) is 0 Å². The highest BCUT2D eigenvalue weighted by Crippen LogP contribution is 2.41. The predicted octanol–water partition coefficient (Wildman–Crippen LogP) is 3.01. The minimum Gasteiger partial charge on any atom is -0.300 e. The maximum Gasteiger partial charge on any atom is 0.136 e. The predicted molar refractivity (Wildman–Crippen MR) is 68.9 cm³/mol. The largest absolute Gasteiger partial charge is 0.300 e. The number of ketones is 1.